The van der Waals surface area contributed by atoms with Crippen LogP contribution in [0.1, 0.15) is 29.7 Å². The lowest BCUT2D eigenvalue weighted by molar-refractivity contribution is -0.384. The molecule has 2 aromatic rings. The van der Waals surface area contributed by atoms with E-state index in [9.17, 15) is 10.1 Å². The summed E-state index contributed by atoms with van der Waals surface area (Å²) in [6.45, 7) is 4.77. The lowest BCUT2D eigenvalue weighted by atomic mass is 10.1. The zero-order valence-electron chi connectivity index (χ0n) is 11.5. The first-order valence-corrected chi connectivity index (χ1v) is 7.29. The second kappa shape index (κ2) is 6.11. The summed E-state index contributed by atoms with van der Waals surface area (Å²) in [5.41, 5.74) is 7.54. The van der Waals surface area contributed by atoms with Crippen LogP contribution in [0.3, 0.4) is 0 Å². The van der Waals surface area contributed by atoms with Crippen LogP contribution in [0.25, 0.3) is 11.3 Å². The van der Waals surface area contributed by atoms with E-state index in [1.165, 1.54) is 12.1 Å². The fraction of sp³-hybridized carbons (Fsp3) is 0.357. The van der Waals surface area contributed by atoms with Crippen LogP contribution < -0.4 is 5.73 Å². The zero-order valence-corrected chi connectivity index (χ0v) is 12.3. The molecule has 0 radical (unpaired) electrons. The van der Waals surface area contributed by atoms with Crippen LogP contribution in [0.4, 0.5) is 5.69 Å². The summed E-state index contributed by atoms with van der Waals surface area (Å²) in [4.78, 5) is 16.1. The molecule has 0 aliphatic carbocycles. The summed E-state index contributed by atoms with van der Waals surface area (Å²) < 4.78 is 0. The Morgan fingerprint density at radius 1 is 1.35 bits per heavy atom. The summed E-state index contributed by atoms with van der Waals surface area (Å²) in [6.07, 6.45) is 0.775. The highest BCUT2D eigenvalue weighted by atomic mass is 32.1. The molecule has 2 rings (SSSR count). The smallest absolute Gasteiger partial charge is 0.269 e. The number of aromatic nitrogens is 1. The molecule has 0 bridgehead atoms. The molecule has 0 amide bonds. The van der Waals surface area contributed by atoms with Crippen LogP contribution in [0.5, 0.6) is 0 Å². The maximum Gasteiger partial charge on any atom is 0.269 e. The number of hydrogen-bond donors (Lipinski definition) is 1. The zero-order chi connectivity index (χ0) is 14.7. The van der Waals surface area contributed by atoms with Crippen LogP contribution in [0.15, 0.2) is 24.3 Å². The Morgan fingerprint density at radius 2 is 2.00 bits per heavy atom. The Hall–Kier alpha value is -1.79. The van der Waals surface area contributed by atoms with Crippen molar-refractivity contribution in [3.8, 4) is 11.3 Å². The number of nitro groups is 1. The summed E-state index contributed by atoms with van der Waals surface area (Å²) in [6, 6.07) is 6.51. The van der Waals surface area contributed by atoms with Crippen LogP contribution in [0.2, 0.25) is 0 Å². The second-order valence-electron chi connectivity index (χ2n) is 4.82. The minimum Gasteiger partial charge on any atom is -0.330 e. The fourth-order valence-electron chi connectivity index (χ4n) is 1.88. The molecule has 5 nitrogen and oxygen atoms in total. The van der Waals surface area contributed by atoms with E-state index in [1.54, 1.807) is 23.5 Å². The molecule has 0 unspecified atom stereocenters. The normalized spacial score (nSPS) is 11.0. The summed E-state index contributed by atoms with van der Waals surface area (Å²) in [7, 11) is 0. The maximum atomic E-state index is 10.7. The van der Waals surface area contributed by atoms with E-state index in [-0.39, 0.29) is 5.69 Å². The topological polar surface area (TPSA) is 82.0 Å². The number of benzene rings is 1. The number of nitro benzene ring substituents is 1. The molecule has 0 aliphatic heterocycles. The van der Waals surface area contributed by atoms with Gasteiger partial charge in [0.15, 0.2) is 0 Å². The van der Waals surface area contributed by atoms with Crippen LogP contribution >= 0.6 is 11.3 Å². The van der Waals surface area contributed by atoms with Crippen molar-refractivity contribution in [2.75, 3.05) is 6.54 Å². The number of hydrogen-bond acceptors (Lipinski definition) is 5. The SMILES string of the molecule is CC(C)c1nc(-c2ccc([N+](=O)[O-])cc2)c(CCN)s1. The van der Waals surface area contributed by atoms with Crippen LogP contribution in [-0.4, -0.2) is 16.5 Å². The summed E-state index contributed by atoms with van der Waals surface area (Å²) >= 11 is 1.67. The lowest BCUT2D eigenvalue weighted by Crippen LogP contribution is -2.02. The number of nitrogens with zero attached hydrogens (tertiary/aromatic N) is 2. The second-order valence-corrected chi connectivity index (χ2v) is 5.94. The Morgan fingerprint density at radius 3 is 2.50 bits per heavy atom. The third-order valence-electron chi connectivity index (χ3n) is 2.93. The molecule has 6 heteroatoms. The summed E-state index contributed by atoms with van der Waals surface area (Å²) in [5, 5.41) is 11.8. The van der Waals surface area contributed by atoms with Gasteiger partial charge in [0.1, 0.15) is 0 Å². The fourth-order valence-corrected chi connectivity index (χ4v) is 2.99. The number of nitrogens with two attached hydrogens (primary N) is 1. The van der Waals surface area contributed by atoms with Gasteiger partial charge in [-0.3, -0.25) is 10.1 Å². The molecule has 0 fully saturated rings. The lowest BCUT2D eigenvalue weighted by Gasteiger charge is -2.01. The number of thiazole rings is 1. The van der Waals surface area contributed by atoms with Gasteiger partial charge >= 0.3 is 0 Å². The van der Waals surface area contributed by atoms with Crippen molar-refractivity contribution < 1.29 is 4.92 Å². The van der Waals surface area contributed by atoms with E-state index in [0.717, 1.165) is 27.6 Å². The van der Waals surface area contributed by atoms with Gasteiger partial charge in [0.2, 0.25) is 0 Å². The van der Waals surface area contributed by atoms with E-state index in [4.69, 9.17) is 5.73 Å². The van der Waals surface area contributed by atoms with Crippen molar-refractivity contribution in [1.29, 1.82) is 0 Å². The number of rotatable bonds is 5. The molecule has 2 N–H and O–H groups in total. The maximum absolute atomic E-state index is 10.7. The molecule has 20 heavy (non-hydrogen) atoms. The molecule has 1 aromatic carbocycles. The highest BCUT2D eigenvalue weighted by molar-refractivity contribution is 7.12. The molecule has 0 saturated carbocycles. The minimum absolute atomic E-state index is 0.0911. The first-order valence-electron chi connectivity index (χ1n) is 6.47. The van der Waals surface area contributed by atoms with Gasteiger partial charge in [-0.25, -0.2) is 4.98 Å². The molecule has 1 aromatic heterocycles. The number of non-ortho nitro benzene ring substituents is 1. The van der Waals surface area contributed by atoms with Gasteiger partial charge in [-0.05, 0) is 25.1 Å². The third-order valence-corrected chi connectivity index (χ3v) is 4.35. The first-order chi connectivity index (χ1) is 9.52. The molecule has 1 heterocycles. The molecular formula is C14H17N3O2S. The van der Waals surface area contributed by atoms with Gasteiger partial charge in [0.05, 0.1) is 15.6 Å². The Balaban J connectivity index is 2.42. The van der Waals surface area contributed by atoms with Crippen LogP contribution in [-0.2, 0) is 6.42 Å². The molecule has 0 aliphatic rings. The van der Waals surface area contributed by atoms with Crippen molar-refractivity contribution in [3.05, 3.63) is 44.3 Å². The van der Waals surface area contributed by atoms with E-state index in [1.807, 2.05) is 0 Å². The quantitative estimate of drug-likeness (QED) is 0.676. The van der Waals surface area contributed by atoms with E-state index in [2.05, 4.69) is 18.8 Å². The monoisotopic (exact) mass is 291 g/mol. The average Bonchev–Trinajstić information content (AvgIpc) is 2.83. The van der Waals surface area contributed by atoms with Crippen molar-refractivity contribution in [1.82, 2.24) is 4.98 Å². The molecular weight excluding hydrogens is 274 g/mol. The van der Waals surface area contributed by atoms with Gasteiger partial charge in [0.25, 0.3) is 5.69 Å². The van der Waals surface area contributed by atoms with E-state index in [0.29, 0.717) is 12.5 Å². The first kappa shape index (κ1) is 14.6. The third kappa shape index (κ3) is 3.02. The highest BCUT2D eigenvalue weighted by Gasteiger charge is 2.15. The van der Waals surface area contributed by atoms with Crippen molar-refractivity contribution in [2.24, 2.45) is 5.73 Å². The predicted octanol–water partition coefficient (Wildman–Crippen LogP) is 3.34. The van der Waals surface area contributed by atoms with Crippen LogP contribution in [0, 0.1) is 10.1 Å². The molecule has 0 atom stereocenters. The average molecular weight is 291 g/mol. The van der Waals surface area contributed by atoms with Crippen molar-refractivity contribution in [2.45, 2.75) is 26.2 Å². The predicted molar refractivity (Wildman–Crippen MR) is 81.1 cm³/mol. The van der Waals surface area contributed by atoms with E-state index >= 15 is 0 Å². The largest absolute Gasteiger partial charge is 0.330 e. The Labute approximate surface area is 121 Å². The standard InChI is InChI=1S/C14H17N3O2S/c1-9(2)14-16-13(12(20-14)7-8-15)10-3-5-11(6-4-10)17(18)19/h3-6,9H,7-8,15H2,1-2H3. The molecule has 0 spiro atoms. The van der Waals surface area contributed by atoms with Gasteiger partial charge in [-0.15, -0.1) is 11.3 Å². The Bertz CT molecular complexity index is 605. The summed E-state index contributed by atoms with van der Waals surface area (Å²) in [5.74, 6) is 0.364. The Kier molecular flexibility index (Phi) is 4.46. The van der Waals surface area contributed by atoms with Gasteiger partial charge in [-0.2, -0.15) is 0 Å². The van der Waals surface area contributed by atoms with E-state index < -0.39 is 4.92 Å². The van der Waals surface area contributed by atoms with Gasteiger partial charge < -0.3 is 5.73 Å². The molecule has 0 saturated heterocycles. The van der Waals surface area contributed by atoms with Crippen molar-refractivity contribution in [3.63, 3.8) is 0 Å². The molecule has 106 valence electrons. The van der Waals surface area contributed by atoms with Crippen molar-refractivity contribution >= 4 is 17.0 Å². The van der Waals surface area contributed by atoms with Gasteiger partial charge in [-0.1, -0.05) is 13.8 Å². The minimum atomic E-state index is -0.398. The van der Waals surface area contributed by atoms with Gasteiger partial charge in [0, 0.05) is 28.5 Å². The highest BCUT2D eigenvalue weighted by Crippen LogP contribution is 2.32.